The fraction of sp³-hybridized carbons (Fsp3) is 0.500. The highest BCUT2D eigenvalue weighted by molar-refractivity contribution is 6.34. The zero-order valence-corrected chi connectivity index (χ0v) is 15.6. The van der Waals surface area contributed by atoms with Crippen molar-refractivity contribution in [3.05, 3.63) is 28.8 Å². The van der Waals surface area contributed by atoms with E-state index in [1.807, 2.05) is 0 Å². The van der Waals surface area contributed by atoms with E-state index < -0.39 is 6.04 Å². The highest BCUT2D eigenvalue weighted by atomic mass is 35.5. The Morgan fingerprint density at radius 3 is 2.68 bits per heavy atom. The van der Waals surface area contributed by atoms with Crippen molar-refractivity contribution in [3.63, 3.8) is 0 Å². The number of nitrogens with one attached hydrogen (secondary N) is 1. The fourth-order valence-corrected chi connectivity index (χ4v) is 3.15. The first-order valence-electron chi connectivity index (χ1n) is 8.48. The molecule has 0 saturated carbocycles. The Morgan fingerprint density at radius 1 is 1.32 bits per heavy atom. The van der Waals surface area contributed by atoms with Crippen LogP contribution in [0.4, 0.5) is 5.69 Å². The van der Waals surface area contributed by atoms with E-state index in [-0.39, 0.29) is 17.7 Å². The molecule has 0 bridgehead atoms. The van der Waals surface area contributed by atoms with Crippen molar-refractivity contribution in [3.8, 4) is 0 Å². The van der Waals surface area contributed by atoms with Crippen LogP contribution in [0.3, 0.4) is 0 Å². The van der Waals surface area contributed by atoms with Gasteiger partial charge in [-0.2, -0.15) is 0 Å². The minimum absolute atomic E-state index is 0.0396. The fourth-order valence-electron chi connectivity index (χ4n) is 2.96. The summed E-state index contributed by atoms with van der Waals surface area (Å²) in [7, 11) is 1.76. The highest BCUT2D eigenvalue weighted by Crippen LogP contribution is 2.25. The van der Waals surface area contributed by atoms with Crippen LogP contribution < -0.4 is 5.32 Å². The molecule has 2 rings (SSSR count). The van der Waals surface area contributed by atoms with Gasteiger partial charge in [0.05, 0.1) is 10.6 Å². The van der Waals surface area contributed by atoms with Gasteiger partial charge in [-0.05, 0) is 24.6 Å². The summed E-state index contributed by atoms with van der Waals surface area (Å²) in [6.45, 7) is 4.42. The van der Waals surface area contributed by atoms with Gasteiger partial charge in [-0.15, -0.1) is 0 Å². The number of hydrogen-bond acceptors (Lipinski definition) is 3. The number of benzene rings is 1. The lowest BCUT2D eigenvalue weighted by atomic mass is 10.0. The Balaban J connectivity index is 2.30. The lowest BCUT2D eigenvalue weighted by molar-refractivity contribution is -0.138. The van der Waals surface area contributed by atoms with Crippen molar-refractivity contribution >= 4 is 35.0 Å². The molecule has 1 heterocycles. The Labute approximate surface area is 153 Å². The van der Waals surface area contributed by atoms with Gasteiger partial charge in [-0.3, -0.25) is 14.4 Å². The van der Waals surface area contributed by atoms with Gasteiger partial charge in [-0.25, -0.2) is 0 Å². The molecule has 3 amide bonds. The topological polar surface area (TPSA) is 69.7 Å². The maximum Gasteiger partial charge on any atom is 0.256 e. The smallest absolute Gasteiger partial charge is 0.256 e. The SMILES string of the molecule is CCCC[C@H]1C(=O)N(C)CCN1C(=O)c1cc(NC(C)=O)ccc1Cl. The summed E-state index contributed by atoms with van der Waals surface area (Å²) in [5.41, 5.74) is 0.803. The number of halogens is 1. The Kier molecular flexibility index (Phi) is 6.42. The first-order chi connectivity index (χ1) is 11.8. The Morgan fingerprint density at radius 2 is 2.04 bits per heavy atom. The Hall–Kier alpha value is -2.08. The zero-order chi connectivity index (χ0) is 18.6. The van der Waals surface area contributed by atoms with Crippen LogP contribution in [0.2, 0.25) is 5.02 Å². The van der Waals surface area contributed by atoms with E-state index in [9.17, 15) is 14.4 Å². The number of rotatable bonds is 5. The van der Waals surface area contributed by atoms with Crippen molar-refractivity contribution in [2.45, 2.75) is 39.2 Å². The minimum atomic E-state index is -0.466. The lowest BCUT2D eigenvalue weighted by Crippen LogP contribution is -2.57. The lowest BCUT2D eigenvalue weighted by Gasteiger charge is -2.39. The molecule has 1 N–H and O–H groups in total. The number of nitrogens with zero attached hydrogens (tertiary/aromatic N) is 2. The number of amides is 3. The van der Waals surface area contributed by atoms with Crippen molar-refractivity contribution in [2.75, 3.05) is 25.5 Å². The number of carbonyl (C=O) groups is 3. The molecule has 0 radical (unpaired) electrons. The van der Waals surface area contributed by atoms with Gasteiger partial charge in [0.15, 0.2) is 0 Å². The van der Waals surface area contributed by atoms with Crippen LogP contribution in [-0.4, -0.2) is 53.7 Å². The van der Waals surface area contributed by atoms with Crippen LogP contribution in [0.5, 0.6) is 0 Å². The summed E-state index contributed by atoms with van der Waals surface area (Å²) in [6, 6.07) is 4.32. The van der Waals surface area contributed by atoms with Gasteiger partial charge in [-0.1, -0.05) is 31.4 Å². The molecular weight excluding hydrogens is 342 g/mol. The van der Waals surface area contributed by atoms with Crippen LogP contribution in [0.15, 0.2) is 18.2 Å². The van der Waals surface area contributed by atoms with E-state index in [1.54, 1.807) is 35.0 Å². The molecule has 25 heavy (non-hydrogen) atoms. The average Bonchev–Trinajstić information content (AvgIpc) is 2.57. The van der Waals surface area contributed by atoms with Crippen molar-refractivity contribution in [1.82, 2.24) is 9.80 Å². The number of carbonyl (C=O) groups excluding carboxylic acids is 3. The highest BCUT2D eigenvalue weighted by Gasteiger charge is 2.36. The molecule has 0 aromatic heterocycles. The van der Waals surface area contributed by atoms with Gasteiger partial charge in [0, 0.05) is 32.7 Å². The van der Waals surface area contributed by atoms with Crippen LogP contribution in [-0.2, 0) is 9.59 Å². The second-order valence-corrected chi connectivity index (χ2v) is 6.70. The Bertz CT molecular complexity index is 678. The standard InChI is InChI=1S/C18H24ClN3O3/c1-4-5-6-16-18(25)21(3)9-10-22(16)17(24)14-11-13(20-12(2)23)7-8-15(14)19/h7-8,11,16H,4-6,9-10H2,1-3H3,(H,20,23)/t16-/m0/s1. The average molecular weight is 366 g/mol. The number of piperazine rings is 1. The predicted octanol–water partition coefficient (Wildman–Crippen LogP) is 2.77. The van der Waals surface area contributed by atoms with E-state index in [1.165, 1.54) is 6.92 Å². The number of hydrogen-bond donors (Lipinski definition) is 1. The van der Waals surface area contributed by atoms with Crippen LogP contribution in [0, 0.1) is 0 Å². The minimum Gasteiger partial charge on any atom is -0.342 e. The number of unbranched alkanes of at least 4 members (excludes halogenated alkanes) is 1. The molecule has 136 valence electrons. The van der Waals surface area contributed by atoms with Crippen LogP contribution in [0.25, 0.3) is 0 Å². The molecule has 1 atom stereocenters. The third-order valence-corrected chi connectivity index (χ3v) is 4.65. The first-order valence-corrected chi connectivity index (χ1v) is 8.86. The third kappa shape index (κ3) is 4.51. The largest absolute Gasteiger partial charge is 0.342 e. The molecule has 1 aromatic rings. The quantitative estimate of drug-likeness (QED) is 0.872. The molecule has 0 unspecified atom stereocenters. The molecule has 1 fully saturated rings. The van der Waals surface area contributed by atoms with Crippen molar-refractivity contribution in [2.24, 2.45) is 0 Å². The maximum absolute atomic E-state index is 13.0. The summed E-state index contributed by atoms with van der Waals surface area (Å²) in [6.07, 6.45) is 2.45. The second kappa shape index (κ2) is 8.34. The third-order valence-electron chi connectivity index (χ3n) is 4.32. The van der Waals surface area contributed by atoms with Crippen molar-refractivity contribution < 1.29 is 14.4 Å². The van der Waals surface area contributed by atoms with Gasteiger partial charge < -0.3 is 15.1 Å². The summed E-state index contributed by atoms with van der Waals surface area (Å²) in [4.78, 5) is 40.1. The summed E-state index contributed by atoms with van der Waals surface area (Å²) in [5, 5.41) is 2.95. The van der Waals surface area contributed by atoms with E-state index >= 15 is 0 Å². The molecule has 1 aromatic carbocycles. The molecule has 1 saturated heterocycles. The van der Waals surface area contributed by atoms with E-state index in [2.05, 4.69) is 12.2 Å². The summed E-state index contributed by atoms with van der Waals surface area (Å²) in [5.74, 6) is -0.543. The van der Waals surface area contributed by atoms with Gasteiger partial charge in [0.1, 0.15) is 6.04 Å². The van der Waals surface area contributed by atoms with Crippen molar-refractivity contribution in [1.29, 1.82) is 0 Å². The van der Waals surface area contributed by atoms with E-state index in [0.717, 1.165) is 12.8 Å². The van der Waals surface area contributed by atoms with Crippen LogP contribution >= 0.6 is 11.6 Å². The predicted molar refractivity (Wildman–Crippen MR) is 97.7 cm³/mol. The molecule has 6 nitrogen and oxygen atoms in total. The van der Waals surface area contributed by atoms with Gasteiger partial charge in [0.25, 0.3) is 5.91 Å². The van der Waals surface area contributed by atoms with Gasteiger partial charge >= 0.3 is 0 Å². The maximum atomic E-state index is 13.0. The van der Waals surface area contributed by atoms with Crippen LogP contribution in [0.1, 0.15) is 43.5 Å². The van der Waals surface area contributed by atoms with E-state index in [4.69, 9.17) is 11.6 Å². The number of likely N-dealkylation sites (N-methyl/N-ethyl adjacent to an activating group) is 1. The molecule has 0 aliphatic carbocycles. The van der Waals surface area contributed by atoms with Gasteiger partial charge in [0.2, 0.25) is 11.8 Å². The molecular formula is C18H24ClN3O3. The molecule has 7 heteroatoms. The number of anilines is 1. The second-order valence-electron chi connectivity index (χ2n) is 6.29. The monoisotopic (exact) mass is 365 g/mol. The summed E-state index contributed by atoms with van der Waals surface area (Å²) < 4.78 is 0. The normalized spacial score (nSPS) is 17.6. The van der Waals surface area contributed by atoms with E-state index in [0.29, 0.717) is 35.8 Å². The molecule has 0 spiro atoms. The molecule has 1 aliphatic rings. The summed E-state index contributed by atoms with van der Waals surface area (Å²) >= 11 is 6.21. The first kappa shape index (κ1) is 19.2. The molecule has 1 aliphatic heterocycles. The zero-order valence-electron chi connectivity index (χ0n) is 14.8.